The fourth-order valence-corrected chi connectivity index (χ4v) is 3.51. The zero-order valence-electron chi connectivity index (χ0n) is 14.6. The molecule has 0 unspecified atom stereocenters. The maximum Gasteiger partial charge on any atom is 0.319 e. The van der Waals surface area contributed by atoms with Gasteiger partial charge in [-0.2, -0.15) is 0 Å². The summed E-state index contributed by atoms with van der Waals surface area (Å²) < 4.78 is 0. The molecule has 0 saturated heterocycles. The normalized spacial score (nSPS) is 13.3. The molecule has 1 aliphatic heterocycles. The van der Waals surface area contributed by atoms with Gasteiger partial charge in [-0.25, -0.2) is 4.79 Å². The monoisotopic (exact) mass is 361 g/mol. The molecule has 0 spiro atoms. The van der Waals surface area contributed by atoms with Gasteiger partial charge >= 0.3 is 6.03 Å². The Morgan fingerprint density at radius 2 is 1.89 bits per heavy atom. The van der Waals surface area contributed by atoms with Crippen molar-refractivity contribution in [3.63, 3.8) is 0 Å². The summed E-state index contributed by atoms with van der Waals surface area (Å²) in [6.07, 6.45) is 1.73. The summed E-state index contributed by atoms with van der Waals surface area (Å²) in [7, 11) is 0. The number of fused-ring (bicyclic) bond motifs is 2. The third kappa shape index (κ3) is 3.17. The van der Waals surface area contributed by atoms with Gasteiger partial charge < -0.3 is 16.2 Å². The number of nitrogens with zero attached hydrogens (tertiary/aromatic N) is 1. The number of hydrogen-bond acceptors (Lipinski definition) is 3. The first kappa shape index (κ1) is 16.9. The van der Waals surface area contributed by atoms with Crippen LogP contribution in [0.1, 0.15) is 22.3 Å². The molecule has 4 N–H and O–H groups in total. The van der Waals surface area contributed by atoms with Crippen molar-refractivity contribution in [3.8, 4) is 5.75 Å². The number of carbonyl (C=O) groups is 2. The van der Waals surface area contributed by atoms with Crippen LogP contribution >= 0.6 is 0 Å². The highest BCUT2D eigenvalue weighted by Crippen LogP contribution is 2.31. The number of aromatic hydroxyl groups is 1. The molecule has 3 aromatic carbocycles. The summed E-state index contributed by atoms with van der Waals surface area (Å²) in [6.45, 7) is 0.568. The van der Waals surface area contributed by atoms with Gasteiger partial charge in [-0.05, 0) is 48.1 Å². The number of rotatable bonds is 2. The molecule has 3 aromatic rings. The molecule has 0 saturated carbocycles. The second kappa shape index (κ2) is 6.64. The second-order valence-corrected chi connectivity index (χ2v) is 6.61. The van der Waals surface area contributed by atoms with E-state index in [-0.39, 0.29) is 11.7 Å². The van der Waals surface area contributed by atoms with E-state index in [2.05, 4.69) is 5.32 Å². The molecular formula is C21H19N3O3. The molecule has 0 bridgehead atoms. The van der Waals surface area contributed by atoms with E-state index >= 15 is 0 Å². The van der Waals surface area contributed by atoms with Gasteiger partial charge in [0.1, 0.15) is 5.75 Å². The number of nitrogens with two attached hydrogens (primary N) is 1. The molecule has 27 heavy (non-hydrogen) atoms. The van der Waals surface area contributed by atoms with Gasteiger partial charge in [0.15, 0.2) is 0 Å². The Morgan fingerprint density at radius 1 is 1.07 bits per heavy atom. The molecule has 0 aliphatic carbocycles. The number of benzene rings is 3. The van der Waals surface area contributed by atoms with E-state index in [0.29, 0.717) is 23.2 Å². The molecule has 0 radical (unpaired) electrons. The van der Waals surface area contributed by atoms with Crippen molar-refractivity contribution in [1.82, 2.24) is 0 Å². The lowest BCUT2D eigenvalue weighted by atomic mass is 10.0. The molecule has 3 amide bonds. The Morgan fingerprint density at radius 3 is 2.70 bits per heavy atom. The van der Waals surface area contributed by atoms with Crippen molar-refractivity contribution >= 4 is 34.1 Å². The Kier molecular flexibility index (Phi) is 4.16. The third-order valence-electron chi connectivity index (χ3n) is 4.83. The van der Waals surface area contributed by atoms with Crippen LogP contribution < -0.4 is 16.0 Å². The van der Waals surface area contributed by atoms with Crippen LogP contribution in [0.15, 0.2) is 54.6 Å². The summed E-state index contributed by atoms with van der Waals surface area (Å²) in [6, 6.07) is 15.5. The summed E-state index contributed by atoms with van der Waals surface area (Å²) >= 11 is 0. The highest BCUT2D eigenvalue weighted by molar-refractivity contribution is 6.08. The molecule has 4 rings (SSSR count). The topological polar surface area (TPSA) is 95.7 Å². The van der Waals surface area contributed by atoms with Gasteiger partial charge in [-0.15, -0.1) is 0 Å². The van der Waals surface area contributed by atoms with Crippen LogP contribution in [0.2, 0.25) is 0 Å². The quantitative estimate of drug-likeness (QED) is 0.650. The zero-order chi connectivity index (χ0) is 19.0. The second-order valence-electron chi connectivity index (χ2n) is 6.61. The maximum absolute atomic E-state index is 12.7. The first-order chi connectivity index (χ1) is 13.0. The molecule has 0 fully saturated rings. The minimum atomic E-state index is -0.501. The minimum Gasteiger partial charge on any atom is -0.507 e. The van der Waals surface area contributed by atoms with E-state index in [1.807, 2.05) is 30.3 Å². The van der Waals surface area contributed by atoms with Crippen LogP contribution in [-0.2, 0) is 6.42 Å². The first-order valence-electron chi connectivity index (χ1n) is 8.76. The van der Waals surface area contributed by atoms with Crippen molar-refractivity contribution in [2.24, 2.45) is 5.73 Å². The summed E-state index contributed by atoms with van der Waals surface area (Å²) in [5.41, 5.74) is 8.15. The van der Waals surface area contributed by atoms with Gasteiger partial charge in [-0.1, -0.05) is 30.3 Å². The first-order valence-corrected chi connectivity index (χ1v) is 8.76. The SMILES string of the molecule is NC(=O)N1CCCc2ccc(NC(=O)c3cc(O)c4ccccc4c3)cc21. The van der Waals surface area contributed by atoms with Crippen molar-refractivity contribution in [3.05, 3.63) is 65.7 Å². The lowest BCUT2D eigenvalue weighted by Gasteiger charge is -2.28. The number of aryl methyl sites for hydroxylation is 1. The van der Waals surface area contributed by atoms with Crippen LogP contribution in [0.3, 0.4) is 0 Å². The van der Waals surface area contributed by atoms with Crippen LogP contribution in [0.4, 0.5) is 16.2 Å². The third-order valence-corrected chi connectivity index (χ3v) is 4.83. The molecule has 1 heterocycles. The highest BCUT2D eigenvalue weighted by Gasteiger charge is 2.21. The number of phenols is 1. The number of urea groups is 1. The Labute approximate surface area is 156 Å². The molecule has 1 aliphatic rings. The highest BCUT2D eigenvalue weighted by atomic mass is 16.3. The number of hydrogen-bond donors (Lipinski definition) is 3. The summed E-state index contributed by atoms with van der Waals surface area (Å²) in [5.74, 6) is -0.277. The molecule has 6 nitrogen and oxygen atoms in total. The standard InChI is InChI=1S/C21H19N3O3/c22-21(27)24-9-3-5-13-7-8-16(12-18(13)24)23-20(26)15-10-14-4-1-2-6-17(14)19(25)11-15/h1-2,4,6-8,10-12,25H,3,5,9H2,(H2,22,27)(H,23,26). The Bertz CT molecular complexity index is 1060. The molecule has 0 aromatic heterocycles. The number of anilines is 2. The van der Waals surface area contributed by atoms with Crippen molar-refractivity contribution in [2.45, 2.75) is 12.8 Å². The van der Waals surface area contributed by atoms with Crippen LogP contribution in [0, 0.1) is 0 Å². The fourth-order valence-electron chi connectivity index (χ4n) is 3.51. The van der Waals surface area contributed by atoms with Gasteiger partial charge in [0, 0.05) is 23.2 Å². The van der Waals surface area contributed by atoms with E-state index in [1.165, 1.54) is 11.0 Å². The Hall–Kier alpha value is -3.54. The van der Waals surface area contributed by atoms with Gasteiger partial charge in [0.25, 0.3) is 5.91 Å². The van der Waals surface area contributed by atoms with Crippen LogP contribution in [0.5, 0.6) is 5.75 Å². The maximum atomic E-state index is 12.7. The van der Waals surface area contributed by atoms with Gasteiger partial charge in [-0.3, -0.25) is 9.69 Å². The largest absolute Gasteiger partial charge is 0.507 e. The van der Waals surface area contributed by atoms with Crippen molar-refractivity contribution in [2.75, 3.05) is 16.8 Å². The predicted molar refractivity (Wildman–Crippen MR) is 105 cm³/mol. The number of primary amides is 1. The number of carbonyl (C=O) groups excluding carboxylic acids is 2. The minimum absolute atomic E-state index is 0.0589. The van der Waals surface area contributed by atoms with Crippen molar-refractivity contribution < 1.29 is 14.7 Å². The van der Waals surface area contributed by atoms with Crippen molar-refractivity contribution in [1.29, 1.82) is 0 Å². The smallest absolute Gasteiger partial charge is 0.319 e. The number of nitrogens with one attached hydrogen (secondary N) is 1. The summed E-state index contributed by atoms with van der Waals surface area (Å²) in [4.78, 5) is 25.9. The van der Waals surface area contributed by atoms with E-state index in [9.17, 15) is 14.7 Å². The lowest BCUT2D eigenvalue weighted by Crippen LogP contribution is -2.39. The van der Waals surface area contributed by atoms with E-state index in [0.717, 1.165) is 29.5 Å². The van der Waals surface area contributed by atoms with Gasteiger partial charge in [0.05, 0.1) is 5.69 Å². The molecule has 136 valence electrons. The van der Waals surface area contributed by atoms with Gasteiger partial charge in [0.2, 0.25) is 0 Å². The molecule has 0 atom stereocenters. The predicted octanol–water partition coefficient (Wildman–Crippen LogP) is 3.63. The molecule has 6 heteroatoms. The van der Waals surface area contributed by atoms with Crippen LogP contribution in [-0.4, -0.2) is 23.6 Å². The number of amides is 3. The fraction of sp³-hybridized carbons (Fsp3) is 0.143. The summed E-state index contributed by atoms with van der Waals surface area (Å²) in [5, 5.41) is 14.5. The average Bonchev–Trinajstić information content (AvgIpc) is 2.67. The average molecular weight is 361 g/mol. The van der Waals surface area contributed by atoms with E-state index < -0.39 is 6.03 Å². The Balaban J connectivity index is 1.64. The zero-order valence-corrected chi connectivity index (χ0v) is 14.6. The van der Waals surface area contributed by atoms with E-state index in [4.69, 9.17) is 5.73 Å². The molecular weight excluding hydrogens is 342 g/mol. The van der Waals surface area contributed by atoms with E-state index in [1.54, 1.807) is 18.2 Å². The lowest BCUT2D eigenvalue weighted by molar-refractivity contribution is 0.102. The number of phenolic OH excluding ortho intramolecular Hbond substituents is 1. The van der Waals surface area contributed by atoms with Crippen LogP contribution in [0.25, 0.3) is 10.8 Å².